The zero-order valence-corrected chi connectivity index (χ0v) is 18.1. The van der Waals surface area contributed by atoms with E-state index in [0.29, 0.717) is 0 Å². The number of hydrogen-bond donors (Lipinski definition) is 2. The number of fused-ring (bicyclic) bond motifs is 2. The van der Waals surface area contributed by atoms with Crippen molar-refractivity contribution in [3.63, 3.8) is 0 Å². The Kier molecular flexibility index (Phi) is 5.23. The van der Waals surface area contributed by atoms with Crippen LogP contribution < -0.4 is 5.73 Å². The Balaban J connectivity index is 1.97. The van der Waals surface area contributed by atoms with Crippen molar-refractivity contribution >= 4 is 21.7 Å². The molecule has 1 heterocycles. The summed E-state index contributed by atoms with van der Waals surface area (Å²) in [6.07, 6.45) is 3.21. The van der Waals surface area contributed by atoms with Crippen molar-refractivity contribution in [3.05, 3.63) is 71.3 Å². The van der Waals surface area contributed by atoms with E-state index < -0.39 is 0 Å². The summed E-state index contributed by atoms with van der Waals surface area (Å²) in [6.45, 7) is 9.78. The van der Waals surface area contributed by atoms with Crippen molar-refractivity contribution in [1.82, 2.24) is 4.98 Å². The number of aromatic nitrogens is 1. The van der Waals surface area contributed by atoms with E-state index in [1.165, 1.54) is 49.6 Å². The van der Waals surface area contributed by atoms with Crippen LogP contribution in [-0.4, -0.2) is 11.5 Å². The minimum atomic E-state index is 0.136. The summed E-state index contributed by atoms with van der Waals surface area (Å²) < 4.78 is 0. The molecule has 2 heteroatoms. The van der Waals surface area contributed by atoms with Gasteiger partial charge in [-0.3, -0.25) is 0 Å². The Morgan fingerprint density at radius 2 is 1.62 bits per heavy atom. The number of H-pyrrole nitrogens is 1. The zero-order chi connectivity index (χ0) is 20.6. The number of nitrogens with one attached hydrogen (secondary N) is 1. The normalized spacial score (nSPS) is 12.2. The second-order valence-electron chi connectivity index (χ2n) is 9.21. The molecule has 0 fully saturated rings. The molecule has 29 heavy (non-hydrogen) atoms. The van der Waals surface area contributed by atoms with E-state index in [-0.39, 0.29) is 5.41 Å². The first-order valence-corrected chi connectivity index (χ1v) is 10.7. The molecule has 3 aromatic carbocycles. The van der Waals surface area contributed by atoms with Gasteiger partial charge in [0.1, 0.15) is 0 Å². The van der Waals surface area contributed by atoms with Gasteiger partial charge in [-0.15, -0.1) is 0 Å². The third kappa shape index (κ3) is 3.70. The van der Waals surface area contributed by atoms with Crippen LogP contribution in [-0.2, 0) is 11.8 Å². The average Bonchev–Trinajstić information content (AvgIpc) is 3.06. The van der Waals surface area contributed by atoms with Crippen LogP contribution in [0.4, 0.5) is 0 Å². The maximum Gasteiger partial charge on any atom is 0.0503 e. The molecule has 3 N–H and O–H groups in total. The number of unbranched alkanes of at least 4 members (excludes halogenated alkanes) is 1. The van der Waals surface area contributed by atoms with Crippen LogP contribution in [0, 0.1) is 6.92 Å². The van der Waals surface area contributed by atoms with E-state index in [1.54, 1.807) is 0 Å². The Hall–Kier alpha value is -2.58. The molecular weight excluding hydrogens is 352 g/mol. The van der Waals surface area contributed by atoms with Gasteiger partial charge < -0.3 is 10.7 Å². The van der Waals surface area contributed by atoms with Crippen molar-refractivity contribution < 1.29 is 0 Å². The van der Waals surface area contributed by atoms with Crippen LogP contribution in [0.3, 0.4) is 0 Å². The van der Waals surface area contributed by atoms with Gasteiger partial charge in [-0.25, -0.2) is 0 Å². The summed E-state index contributed by atoms with van der Waals surface area (Å²) in [5.41, 5.74) is 13.8. The topological polar surface area (TPSA) is 41.8 Å². The third-order valence-electron chi connectivity index (χ3n) is 6.06. The minimum Gasteiger partial charge on any atom is -0.354 e. The molecule has 0 aliphatic carbocycles. The highest BCUT2D eigenvalue weighted by Gasteiger charge is 2.19. The maximum atomic E-state index is 5.79. The van der Waals surface area contributed by atoms with Gasteiger partial charge in [0.25, 0.3) is 0 Å². The summed E-state index contributed by atoms with van der Waals surface area (Å²) in [7, 11) is 0. The lowest BCUT2D eigenvalue weighted by atomic mass is 9.86. The molecule has 4 rings (SSSR count). The van der Waals surface area contributed by atoms with Gasteiger partial charge in [-0.05, 0) is 77.7 Å². The smallest absolute Gasteiger partial charge is 0.0503 e. The molecule has 0 unspecified atom stereocenters. The Labute approximate surface area is 174 Å². The van der Waals surface area contributed by atoms with Crippen LogP contribution in [0.1, 0.15) is 50.3 Å². The van der Waals surface area contributed by atoms with E-state index in [9.17, 15) is 0 Å². The summed E-state index contributed by atoms with van der Waals surface area (Å²) >= 11 is 0. The van der Waals surface area contributed by atoms with Gasteiger partial charge in [0, 0.05) is 16.5 Å². The molecule has 0 atom stereocenters. The molecular formula is C27H32N2. The van der Waals surface area contributed by atoms with Gasteiger partial charge >= 0.3 is 0 Å². The van der Waals surface area contributed by atoms with E-state index in [1.807, 2.05) is 0 Å². The fourth-order valence-corrected chi connectivity index (χ4v) is 4.32. The molecule has 150 valence electrons. The first-order valence-electron chi connectivity index (χ1n) is 10.7. The van der Waals surface area contributed by atoms with Crippen LogP contribution in [0.2, 0.25) is 0 Å². The second kappa shape index (κ2) is 7.68. The predicted molar refractivity (Wildman–Crippen MR) is 127 cm³/mol. The molecule has 0 bridgehead atoms. The highest BCUT2D eigenvalue weighted by Crippen LogP contribution is 2.38. The molecule has 0 amide bonds. The highest BCUT2D eigenvalue weighted by molar-refractivity contribution is 6.02. The monoisotopic (exact) mass is 384 g/mol. The predicted octanol–water partition coefficient (Wildman–Crippen LogP) is 6.88. The fourth-order valence-electron chi connectivity index (χ4n) is 4.32. The standard InChI is InChI=1S/C27H32N2/c1-18-12-14-23(21-10-6-5-9-20(18)21)26-22(11-7-8-16-28)24-17-19(27(2,3)4)13-15-25(24)29-26/h5-6,9-10,12-15,17,29H,7-8,11,16,28H2,1-4H3. The number of benzene rings is 3. The van der Waals surface area contributed by atoms with Crippen LogP contribution in [0.5, 0.6) is 0 Å². The van der Waals surface area contributed by atoms with Crippen molar-refractivity contribution in [2.75, 3.05) is 6.54 Å². The number of aromatic amines is 1. The number of aryl methyl sites for hydroxylation is 2. The first-order chi connectivity index (χ1) is 13.9. The molecule has 0 saturated heterocycles. The fraction of sp³-hybridized carbons (Fsp3) is 0.333. The lowest BCUT2D eigenvalue weighted by molar-refractivity contribution is 0.591. The highest BCUT2D eigenvalue weighted by atomic mass is 14.7. The molecule has 0 aliphatic heterocycles. The van der Waals surface area contributed by atoms with Gasteiger partial charge in [-0.1, -0.05) is 63.2 Å². The number of hydrogen-bond acceptors (Lipinski definition) is 1. The van der Waals surface area contributed by atoms with Gasteiger partial charge in [0.05, 0.1) is 5.69 Å². The van der Waals surface area contributed by atoms with Crippen LogP contribution in [0.25, 0.3) is 32.9 Å². The van der Waals surface area contributed by atoms with Crippen LogP contribution in [0.15, 0.2) is 54.6 Å². The van der Waals surface area contributed by atoms with Crippen molar-refractivity contribution in [2.24, 2.45) is 5.73 Å². The van der Waals surface area contributed by atoms with E-state index in [4.69, 9.17) is 5.73 Å². The lowest BCUT2D eigenvalue weighted by Crippen LogP contribution is -2.10. The summed E-state index contributed by atoms with van der Waals surface area (Å²) in [4.78, 5) is 3.77. The quantitative estimate of drug-likeness (QED) is 0.362. The second-order valence-corrected chi connectivity index (χ2v) is 9.21. The lowest BCUT2D eigenvalue weighted by Gasteiger charge is -2.19. The van der Waals surface area contributed by atoms with Gasteiger partial charge in [-0.2, -0.15) is 0 Å². The molecule has 0 aliphatic rings. The Morgan fingerprint density at radius 3 is 2.34 bits per heavy atom. The van der Waals surface area contributed by atoms with Crippen molar-refractivity contribution in [3.8, 4) is 11.3 Å². The molecule has 4 aromatic rings. The van der Waals surface area contributed by atoms with Gasteiger partial charge in [0.2, 0.25) is 0 Å². The van der Waals surface area contributed by atoms with Crippen molar-refractivity contribution in [2.45, 2.75) is 52.4 Å². The van der Waals surface area contributed by atoms with E-state index in [0.717, 1.165) is 25.8 Å². The van der Waals surface area contributed by atoms with Gasteiger partial charge in [0.15, 0.2) is 0 Å². The van der Waals surface area contributed by atoms with E-state index in [2.05, 4.69) is 87.3 Å². The maximum absolute atomic E-state index is 5.79. The Bertz CT molecular complexity index is 1160. The summed E-state index contributed by atoms with van der Waals surface area (Å²) in [6, 6.07) is 20.2. The molecule has 0 radical (unpaired) electrons. The van der Waals surface area contributed by atoms with Crippen molar-refractivity contribution in [1.29, 1.82) is 0 Å². The van der Waals surface area contributed by atoms with Crippen LogP contribution >= 0.6 is 0 Å². The zero-order valence-electron chi connectivity index (χ0n) is 18.1. The van der Waals surface area contributed by atoms with E-state index >= 15 is 0 Å². The summed E-state index contributed by atoms with van der Waals surface area (Å²) in [5.74, 6) is 0. The largest absolute Gasteiger partial charge is 0.354 e. The first kappa shape index (κ1) is 19.7. The SMILES string of the molecule is Cc1ccc(-c2[nH]c3ccc(C(C)(C)C)cc3c2CCCCN)c2ccccc12. The molecule has 1 aromatic heterocycles. The average molecular weight is 385 g/mol. The number of rotatable bonds is 5. The molecule has 0 saturated carbocycles. The Morgan fingerprint density at radius 1 is 0.862 bits per heavy atom. The molecule has 0 spiro atoms. The summed E-state index contributed by atoms with van der Waals surface area (Å²) in [5, 5.41) is 4.00. The minimum absolute atomic E-state index is 0.136. The third-order valence-corrected chi connectivity index (χ3v) is 6.06. The molecule has 2 nitrogen and oxygen atoms in total. The number of nitrogens with two attached hydrogens (primary N) is 1.